The molecule has 0 aromatic carbocycles. The SMILES string of the molecule is CCCCCCOC(CCCCCCCCCCC/C=C\CCO)OCCCCCC. The zero-order valence-corrected chi connectivity index (χ0v) is 21.3. The molecule has 3 heteroatoms. The fourth-order valence-electron chi connectivity index (χ4n) is 3.82. The van der Waals surface area contributed by atoms with E-state index in [4.69, 9.17) is 14.6 Å². The fourth-order valence-corrected chi connectivity index (χ4v) is 3.82. The molecule has 0 spiro atoms. The quantitative estimate of drug-likeness (QED) is 0.0830. The summed E-state index contributed by atoms with van der Waals surface area (Å²) in [4.78, 5) is 0. The van der Waals surface area contributed by atoms with Crippen molar-refractivity contribution in [2.45, 2.75) is 149 Å². The van der Waals surface area contributed by atoms with E-state index in [1.165, 1.54) is 116 Å². The Morgan fingerprint density at radius 2 is 1.00 bits per heavy atom. The van der Waals surface area contributed by atoms with Crippen molar-refractivity contribution in [3.63, 3.8) is 0 Å². The van der Waals surface area contributed by atoms with Crippen LogP contribution in [0.2, 0.25) is 0 Å². The van der Waals surface area contributed by atoms with Gasteiger partial charge in [-0.15, -0.1) is 0 Å². The van der Waals surface area contributed by atoms with Crippen molar-refractivity contribution in [2.24, 2.45) is 0 Å². The van der Waals surface area contributed by atoms with Crippen LogP contribution in [0.4, 0.5) is 0 Å². The number of aliphatic hydroxyl groups is 1. The summed E-state index contributed by atoms with van der Waals surface area (Å²) in [5.74, 6) is 0. The molecule has 0 aliphatic carbocycles. The summed E-state index contributed by atoms with van der Waals surface area (Å²) < 4.78 is 12.1. The van der Waals surface area contributed by atoms with Crippen LogP contribution < -0.4 is 0 Å². The first-order valence-electron chi connectivity index (χ1n) is 13.8. The minimum Gasteiger partial charge on any atom is -0.396 e. The van der Waals surface area contributed by atoms with Crippen molar-refractivity contribution in [3.05, 3.63) is 12.2 Å². The Bertz CT molecular complexity index is 329. The molecule has 1 N–H and O–H groups in total. The van der Waals surface area contributed by atoms with Gasteiger partial charge in [0.05, 0.1) is 0 Å². The molecule has 0 saturated heterocycles. The lowest BCUT2D eigenvalue weighted by atomic mass is 10.1. The van der Waals surface area contributed by atoms with Gasteiger partial charge in [-0.25, -0.2) is 0 Å². The highest BCUT2D eigenvalue weighted by atomic mass is 16.7. The van der Waals surface area contributed by atoms with Gasteiger partial charge in [-0.05, 0) is 44.9 Å². The minimum atomic E-state index is 0.0229. The van der Waals surface area contributed by atoms with Crippen LogP contribution in [0.5, 0.6) is 0 Å². The molecule has 0 fully saturated rings. The number of allylic oxidation sites excluding steroid dienone is 1. The molecule has 0 unspecified atom stereocenters. The fraction of sp³-hybridized carbons (Fsp3) is 0.929. The Labute approximate surface area is 195 Å². The number of rotatable bonds is 26. The zero-order valence-electron chi connectivity index (χ0n) is 21.3. The first-order valence-corrected chi connectivity index (χ1v) is 13.8. The molecule has 0 bridgehead atoms. The third-order valence-corrected chi connectivity index (χ3v) is 5.88. The van der Waals surface area contributed by atoms with Crippen molar-refractivity contribution >= 4 is 0 Å². The summed E-state index contributed by atoms with van der Waals surface area (Å²) in [7, 11) is 0. The molecule has 0 rings (SSSR count). The van der Waals surface area contributed by atoms with Crippen molar-refractivity contribution < 1.29 is 14.6 Å². The van der Waals surface area contributed by atoms with E-state index in [0.717, 1.165) is 26.1 Å². The van der Waals surface area contributed by atoms with Crippen LogP contribution in [0.3, 0.4) is 0 Å². The predicted molar refractivity (Wildman–Crippen MR) is 136 cm³/mol. The van der Waals surface area contributed by atoms with Crippen molar-refractivity contribution in [1.82, 2.24) is 0 Å². The topological polar surface area (TPSA) is 38.7 Å². The lowest BCUT2D eigenvalue weighted by molar-refractivity contribution is -0.148. The average Bonchev–Trinajstić information content (AvgIpc) is 2.78. The van der Waals surface area contributed by atoms with Gasteiger partial charge in [0, 0.05) is 19.8 Å². The maximum atomic E-state index is 8.73. The first-order chi connectivity index (χ1) is 15.3. The van der Waals surface area contributed by atoms with E-state index in [1.807, 2.05) is 0 Å². The lowest BCUT2D eigenvalue weighted by Crippen LogP contribution is -2.19. The largest absolute Gasteiger partial charge is 0.396 e. The normalized spacial score (nSPS) is 11.9. The van der Waals surface area contributed by atoms with Crippen LogP contribution in [0.1, 0.15) is 142 Å². The van der Waals surface area contributed by atoms with Crippen molar-refractivity contribution in [3.8, 4) is 0 Å². The van der Waals surface area contributed by atoms with Gasteiger partial charge in [-0.2, -0.15) is 0 Å². The maximum Gasteiger partial charge on any atom is 0.157 e. The van der Waals surface area contributed by atoms with E-state index >= 15 is 0 Å². The van der Waals surface area contributed by atoms with Crippen LogP contribution in [-0.4, -0.2) is 31.2 Å². The standard InChI is InChI=1S/C28H56O3/c1-3-5-7-22-26-30-28(31-27-23-8-6-4-2)24-20-18-16-14-12-10-9-11-13-15-17-19-21-25-29/h17,19,28-29H,3-16,18,20-27H2,1-2H3/b19-17-. The molecular formula is C28H56O3. The van der Waals surface area contributed by atoms with Crippen LogP contribution in [0, 0.1) is 0 Å². The predicted octanol–water partition coefficient (Wildman–Crippen LogP) is 8.74. The summed E-state index contributed by atoms with van der Waals surface area (Å²) in [6.07, 6.45) is 29.5. The summed E-state index contributed by atoms with van der Waals surface area (Å²) in [5, 5.41) is 8.73. The number of aliphatic hydroxyl groups excluding tert-OH is 1. The van der Waals surface area contributed by atoms with Crippen LogP contribution in [-0.2, 0) is 9.47 Å². The van der Waals surface area contributed by atoms with E-state index in [9.17, 15) is 0 Å². The summed E-state index contributed by atoms with van der Waals surface area (Å²) in [6.45, 7) is 6.50. The van der Waals surface area contributed by atoms with Gasteiger partial charge in [-0.3, -0.25) is 0 Å². The summed E-state index contributed by atoms with van der Waals surface area (Å²) in [6, 6.07) is 0. The molecule has 0 atom stereocenters. The third kappa shape index (κ3) is 25.8. The summed E-state index contributed by atoms with van der Waals surface area (Å²) in [5.41, 5.74) is 0. The van der Waals surface area contributed by atoms with E-state index < -0.39 is 0 Å². The van der Waals surface area contributed by atoms with Crippen LogP contribution in [0.25, 0.3) is 0 Å². The van der Waals surface area contributed by atoms with Crippen molar-refractivity contribution in [2.75, 3.05) is 19.8 Å². The van der Waals surface area contributed by atoms with Gasteiger partial charge >= 0.3 is 0 Å². The Morgan fingerprint density at radius 1 is 0.548 bits per heavy atom. The molecule has 3 nitrogen and oxygen atoms in total. The Morgan fingerprint density at radius 3 is 1.52 bits per heavy atom. The smallest absolute Gasteiger partial charge is 0.157 e. The Kier molecular flexibility index (Phi) is 27.3. The van der Waals surface area contributed by atoms with E-state index in [1.54, 1.807) is 0 Å². The van der Waals surface area contributed by atoms with Crippen LogP contribution in [0.15, 0.2) is 12.2 Å². The molecule has 31 heavy (non-hydrogen) atoms. The highest BCUT2D eigenvalue weighted by Crippen LogP contribution is 2.15. The van der Waals surface area contributed by atoms with Gasteiger partial charge in [0.2, 0.25) is 0 Å². The summed E-state index contributed by atoms with van der Waals surface area (Å²) >= 11 is 0. The highest BCUT2D eigenvalue weighted by molar-refractivity contribution is 4.80. The number of unbranched alkanes of at least 4 members (excludes halogenated alkanes) is 15. The van der Waals surface area contributed by atoms with Crippen molar-refractivity contribution in [1.29, 1.82) is 0 Å². The molecule has 0 amide bonds. The molecule has 0 aliphatic rings. The molecule has 0 aromatic rings. The molecule has 0 aromatic heterocycles. The molecule has 186 valence electrons. The second-order valence-electron chi connectivity index (χ2n) is 9.04. The highest BCUT2D eigenvalue weighted by Gasteiger charge is 2.09. The van der Waals surface area contributed by atoms with E-state index in [-0.39, 0.29) is 12.9 Å². The average molecular weight is 441 g/mol. The van der Waals surface area contributed by atoms with Gasteiger partial charge in [0.1, 0.15) is 0 Å². The van der Waals surface area contributed by atoms with Gasteiger partial charge < -0.3 is 14.6 Å². The zero-order chi connectivity index (χ0) is 22.7. The first kappa shape index (κ1) is 30.6. The maximum absolute atomic E-state index is 8.73. The monoisotopic (exact) mass is 440 g/mol. The number of hydrogen-bond acceptors (Lipinski definition) is 3. The van der Waals surface area contributed by atoms with Gasteiger partial charge in [0.15, 0.2) is 6.29 Å². The van der Waals surface area contributed by atoms with Gasteiger partial charge in [0.25, 0.3) is 0 Å². The second-order valence-corrected chi connectivity index (χ2v) is 9.04. The lowest BCUT2D eigenvalue weighted by Gasteiger charge is -2.19. The molecular weight excluding hydrogens is 384 g/mol. The second kappa shape index (κ2) is 27.7. The third-order valence-electron chi connectivity index (χ3n) is 5.88. The van der Waals surface area contributed by atoms with E-state index in [0.29, 0.717) is 0 Å². The Hall–Kier alpha value is -0.380. The van der Waals surface area contributed by atoms with E-state index in [2.05, 4.69) is 26.0 Å². The minimum absolute atomic E-state index is 0.0229. The molecule has 0 radical (unpaired) electrons. The number of ether oxygens (including phenoxy) is 2. The van der Waals surface area contributed by atoms with Gasteiger partial charge in [-0.1, -0.05) is 109 Å². The molecule has 0 saturated carbocycles. The number of hydrogen-bond donors (Lipinski definition) is 1. The molecule has 0 aliphatic heterocycles. The molecule has 0 heterocycles. The Balaban J connectivity index is 3.63. The van der Waals surface area contributed by atoms with Crippen LogP contribution >= 0.6 is 0 Å².